The van der Waals surface area contributed by atoms with Crippen LogP contribution in [0.25, 0.3) is 0 Å². The van der Waals surface area contributed by atoms with Gasteiger partial charge in [-0.3, -0.25) is 4.79 Å². The van der Waals surface area contributed by atoms with Crippen LogP contribution in [0.5, 0.6) is 0 Å². The minimum Gasteiger partial charge on any atom is -0.378 e. The lowest BCUT2D eigenvalue weighted by molar-refractivity contribution is -0.118. The van der Waals surface area contributed by atoms with Crippen LogP contribution in [0, 0.1) is 5.82 Å². The molecule has 2 aliphatic rings. The van der Waals surface area contributed by atoms with Crippen LogP contribution in [0.2, 0.25) is 0 Å². The molecule has 6 heteroatoms. The zero-order valence-electron chi connectivity index (χ0n) is 13.9. The molecule has 0 spiro atoms. The summed E-state index contributed by atoms with van der Waals surface area (Å²) in [6.07, 6.45) is 3.32. The summed E-state index contributed by atoms with van der Waals surface area (Å²) in [6, 6.07) is 9.97. The molecule has 0 radical (unpaired) electrons. The second-order valence-corrected chi connectivity index (χ2v) is 6.54. The molecule has 130 valence electrons. The Bertz CT molecular complexity index is 751. The first kappa shape index (κ1) is 16.0. The SMILES string of the molecule is O=C(Nc1ccc(N2CCOCC2)cn1)C1(c2ccc(F)cc2)CC1. The average molecular weight is 341 g/mol. The van der Waals surface area contributed by atoms with E-state index in [4.69, 9.17) is 4.74 Å². The maximum atomic E-state index is 13.1. The molecule has 1 saturated heterocycles. The number of aromatic nitrogens is 1. The Morgan fingerprint density at radius 1 is 1.12 bits per heavy atom. The van der Waals surface area contributed by atoms with Gasteiger partial charge in [0.15, 0.2) is 0 Å². The lowest BCUT2D eigenvalue weighted by Crippen LogP contribution is -2.36. The van der Waals surface area contributed by atoms with Gasteiger partial charge in [0, 0.05) is 13.1 Å². The van der Waals surface area contributed by atoms with Crippen LogP contribution in [-0.2, 0) is 14.9 Å². The highest BCUT2D eigenvalue weighted by Gasteiger charge is 2.51. The van der Waals surface area contributed by atoms with Gasteiger partial charge >= 0.3 is 0 Å². The molecule has 1 aliphatic heterocycles. The van der Waals surface area contributed by atoms with E-state index >= 15 is 0 Å². The van der Waals surface area contributed by atoms with Crippen LogP contribution in [0.15, 0.2) is 42.6 Å². The van der Waals surface area contributed by atoms with Gasteiger partial charge < -0.3 is 15.0 Å². The number of nitrogens with one attached hydrogen (secondary N) is 1. The van der Waals surface area contributed by atoms with Gasteiger partial charge in [0.2, 0.25) is 5.91 Å². The number of carbonyl (C=O) groups excluding carboxylic acids is 1. The van der Waals surface area contributed by atoms with Crippen molar-refractivity contribution in [3.05, 3.63) is 54.0 Å². The van der Waals surface area contributed by atoms with Crippen molar-refractivity contribution in [2.24, 2.45) is 0 Å². The Morgan fingerprint density at radius 2 is 1.84 bits per heavy atom. The van der Waals surface area contributed by atoms with Gasteiger partial charge in [-0.2, -0.15) is 0 Å². The van der Waals surface area contributed by atoms with Gasteiger partial charge in [0.05, 0.1) is 30.5 Å². The number of halogens is 1. The molecule has 5 nitrogen and oxygen atoms in total. The largest absolute Gasteiger partial charge is 0.378 e. The van der Waals surface area contributed by atoms with Crippen molar-refractivity contribution in [2.75, 3.05) is 36.5 Å². The average Bonchev–Trinajstić information content (AvgIpc) is 3.46. The molecule has 1 saturated carbocycles. The number of carbonyl (C=O) groups is 1. The molecule has 1 aromatic carbocycles. The highest BCUT2D eigenvalue weighted by Crippen LogP contribution is 2.48. The highest BCUT2D eigenvalue weighted by molar-refractivity contribution is 6.00. The van der Waals surface area contributed by atoms with E-state index in [1.807, 2.05) is 12.1 Å². The molecule has 4 rings (SSSR count). The molecule has 0 atom stereocenters. The summed E-state index contributed by atoms with van der Waals surface area (Å²) in [5, 5.41) is 2.90. The fraction of sp³-hybridized carbons (Fsp3) is 0.368. The molecule has 2 heterocycles. The quantitative estimate of drug-likeness (QED) is 0.929. The predicted octanol–water partition coefficient (Wildman–Crippen LogP) is 2.73. The fourth-order valence-electron chi connectivity index (χ4n) is 3.25. The number of benzene rings is 1. The van der Waals surface area contributed by atoms with E-state index in [0.717, 1.165) is 50.4 Å². The van der Waals surface area contributed by atoms with Crippen LogP contribution >= 0.6 is 0 Å². The maximum absolute atomic E-state index is 13.1. The molecule has 0 bridgehead atoms. The number of amides is 1. The molecule has 1 aliphatic carbocycles. The number of nitrogens with zero attached hydrogens (tertiary/aromatic N) is 2. The van der Waals surface area contributed by atoms with E-state index in [1.165, 1.54) is 12.1 Å². The number of hydrogen-bond acceptors (Lipinski definition) is 4. The summed E-state index contributed by atoms with van der Waals surface area (Å²) in [4.78, 5) is 19.3. The lowest BCUT2D eigenvalue weighted by Gasteiger charge is -2.28. The summed E-state index contributed by atoms with van der Waals surface area (Å²) >= 11 is 0. The summed E-state index contributed by atoms with van der Waals surface area (Å²) in [5.74, 6) is 0.168. The van der Waals surface area contributed by atoms with Crippen LogP contribution in [0.4, 0.5) is 15.9 Å². The molecule has 2 aromatic rings. The molecular weight excluding hydrogens is 321 g/mol. The first-order valence-corrected chi connectivity index (χ1v) is 8.54. The van der Waals surface area contributed by atoms with Gasteiger partial charge in [-0.25, -0.2) is 9.37 Å². The van der Waals surface area contributed by atoms with Crippen molar-refractivity contribution >= 4 is 17.4 Å². The predicted molar refractivity (Wildman–Crippen MR) is 93.2 cm³/mol. The zero-order chi connectivity index (χ0) is 17.3. The minimum atomic E-state index is -0.543. The number of pyridine rings is 1. The highest BCUT2D eigenvalue weighted by atomic mass is 19.1. The van der Waals surface area contributed by atoms with Crippen molar-refractivity contribution in [3.63, 3.8) is 0 Å². The van der Waals surface area contributed by atoms with Crippen LogP contribution in [-0.4, -0.2) is 37.2 Å². The monoisotopic (exact) mass is 341 g/mol. The Hall–Kier alpha value is -2.47. The summed E-state index contributed by atoms with van der Waals surface area (Å²) in [6.45, 7) is 3.14. The Balaban J connectivity index is 1.44. The normalized spacial score (nSPS) is 18.7. The van der Waals surface area contributed by atoms with E-state index in [1.54, 1.807) is 18.3 Å². The number of rotatable bonds is 4. The summed E-state index contributed by atoms with van der Waals surface area (Å²) in [5.41, 5.74) is 1.34. The standard InChI is InChI=1S/C19H20FN3O2/c20-15-3-1-14(2-4-15)19(7-8-19)18(24)22-17-6-5-16(13-21-17)23-9-11-25-12-10-23/h1-6,13H,7-12H2,(H,21,22,24). The second-order valence-electron chi connectivity index (χ2n) is 6.54. The third-order valence-electron chi connectivity index (χ3n) is 4.95. The third kappa shape index (κ3) is 3.22. The van der Waals surface area contributed by atoms with Crippen LogP contribution in [0.3, 0.4) is 0 Å². The van der Waals surface area contributed by atoms with Crippen molar-refractivity contribution in [2.45, 2.75) is 18.3 Å². The fourth-order valence-corrected chi connectivity index (χ4v) is 3.25. The Morgan fingerprint density at radius 3 is 2.44 bits per heavy atom. The van der Waals surface area contributed by atoms with E-state index < -0.39 is 5.41 Å². The van der Waals surface area contributed by atoms with Gasteiger partial charge in [-0.05, 0) is 42.7 Å². The molecule has 2 fully saturated rings. The molecule has 0 unspecified atom stereocenters. The van der Waals surface area contributed by atoms with Crippen LogP contribution in [0.1, 0.15) is 18.4 Å². The first-order chi connectivity index (χ1) is 12.2. The molecule has 1 N–H and O–H groups in total. The lowest BCUT2D eigenvalue weighted by atomic mass is 9.95. The number of morpholine rings is 1. The topological polar surface area (TPSA) is 54.5 Å². The number of hydrogen-bond donors (Lipinski definition) is 1. The molecule has 1 aromatic heterocycles. The summed E-state index contributed by atoms with van der Waals surface area (Å²) < 4.78 is 18.5. The van der Waals surface area contributed by atoms with Crippen molar-refractivity contribution in [3.8, 4) is 0 Å². The van der Waals surface area contributed by atoms with Crippen molar-refractivity contribution in [1.29, 1.82) is 0 Å². The Labute approximate surface area is 145 Å². The zero-order valence-corrected chi connectivity index (χ0v) is 13.9. The van der Waals surface area contributed by atoms with Gasteiger partial charge in [-0.1, -0.05) is 12.1 Å². The maximum Gasteiger partial charge on any atom is 0.236 e. The summed E-state index contributed by atoms with van der Waals surface area (Å²) in [7, 11) is 0. The first-order valence-electron chi connectivity index (χ1n) is 8.54. The number of anilines is 2. The van der Waals surface area contributed by atoms with Gasteiger partial charge in [-0.15, -0.1) is 0 Å². The molecule has 1 amide bonds. The van der Waals surface area contributed by atoms with Crippen molar-refractivity contribution < 1.29 is 13.9 Å². The van der Waals surface area contributed by atoms with E-state index in [2.05, 4.69) is 15.2 Å². The van der Waals surface area contributed by atoms with Crippen molar-refractivity contribution in [1.82, 2.24) is 4.98 Å². The van der Waals surface area contributed by atoms with E-state index in [0.29, 0.717) is 5.82 Å². The van der Waals surface area contributed by atoms with Gasteiger partial charge in [0.25, 0.3) is 0 Å². The molecular formula is C19H20FN3O2. The van der Waals surface area contributed by atoms with Gasteiger partial charge in [0.1, 0.15) is 11.6 Å². The Kier molecular flexibility index (Phi) is 4.13. The van der Waals surface area contributed by atoms with Crippen LogP contribution < -0.4 is 10.2 Å². The number of ether oxygens (including phenoxy) is 1. The molecule has 25 heavy (non-hydrogen) atoms. The van der Waals surface area contributed by atoms with E-state index in [-0.39, 0.29) is 11.7 Å². The van der Waals surface area contributed by atoms with E-state index in [9.17, 15) is 9.18 Å². The smallest absolute Gasteiger partial charge is 0.236 e. The second kappa shape index (κ2) is 6.44. The third-order valence-corrected chi connectivity index (χ3v) is 4.95. The minimum absolute atomic E-state index is 0.0780.